The van der Waals surface area contributed by atoms with Crippen LogP contribution in [-0.2, 0) is 0 Å². The van der Waals surface area contributed by atoms with E-state index in [9.17, 15) is 0 Å². The minimum absolute atomic E-state index is 0.913. The van der Waals surface area contributed by atoms with Crippen LogP contribution in [0.2, 0.25) is 0 Å². The van der Waals surface area contributed by atoms with Crippen LogP contribution in [0.3, 0.4) is 0 Å². The van der Waals surface area contributed by atoms with Crippen molar-refractivity contribution < 1.29 is 4.42 Å². The number of fused-ring (bicyclic) bond motifs is 10. The van der Waals surface area contributed by atoms with Crippen molar-refractivity contribution in [1.82, 2.24) is 9.13 Å². The maximum absolute atomic E-state index is 6.42. The second-order valence-electron chi connectivity index (χ2n) is 13.3. The van der Waals surface area contributed by atoms with Crippen LogP contribution in [0.15, 0.2) is 186 Å². The standard InChI is InChI=1S/C48H30N2O/c1-2-16-34(17-3-1)49-43-25-8-5-21-41(43)46-44(49)28-27-39-37-19-4-7-24-42(37)50(47(39)46)35-18-11-14-32(30-35)31-13-10-15-33(29-31)36-22-12-23-40-38-20-6-9-26-45(38)51-48(36)40/h1-30H. The molecule has 8 aromatic carbocycles. The molecule has 238 valence electrons. The van der Waals surface area contributed by atoms with Gasteiger partial charge in [-0.1, -0.05) is 127 Å². The normalized spacial score (nSPS) is 11.9. The second-order valence-corrected chi connectivity index (χ2v) is 13.3. The smallest absolute Gasteiger partial charge is 0.143 e. The Morgan fingerprint density at radius 1 is 0.353 bits per heavy atom. The lowest BCUT2D eigenvalue weighted by atomic mass is 9.97. The molecule has 0 amide bonds. The molecule has 11 rings (SSSR count). The molecule has 0 aliphatic rings. The van der Waals surface area contributed by atoms with Gasteiger partial charge in [-0.3, -0.25) is 0 Å². The lowest BCUT2D eigenvalue weighted by Crippen LogP contribution is -1.96. The van der Waals surface area contributed by atoms with E-state index in [1.807, 2.05) is 12.1 Å². The number of hydrogen-bond acceptors (Lipinski definition) is 1. The molecule has 0 aliphatic heterocycles. The Morgan fingerprint density at radius 3 is 1.84 bits per heavy atom. The minimum Gasteiger partial charge on any atom is -0.455 e. The summed E-state index contributed by atoms with van der Waals surface area (Å²) in [6.45, 7) is 0. The van der Waals surface area contributed by atoms with Crippen LogP contribution in [0, 0.1) is 0 Å². The van der Waals surface area contributed by atoms with Gasteiger partial charge in [0.25, 0.3) is 0 Å². The predicted octanol–water partition coefficient (Wildman–Crippen LogP) is 13.1. The zero-order valence-electron chi connectivity index (χ0n) is 27.6. The molecule has 0 aliphatic carbocycles. The molecule has 3 heteroatoms. The molecule has 0 N–H and O–H groups in total. The number of nitrogens with zero attached hydrogens (tertiary/aromatic N) is 2. The third kappa shape index (κ3) is 4.12. The van der Waals surface area contributed by atoms with Gasteiger partial charge in [0.2, 0.25) is 0 Å². The summed E-state index contributed by atoms with van der Waals surface area (Å²) in [4.78, 5) is 0. The van der Waals surface area contributed by atoms with Gasteiger partial charge in [0, 0.05) is 49.3 Å². The van der Waals surface area contributed by atoms with E-state index in [1.54, 1.807) is 0 Å². The summed E-state index contributed by atoms with van der Waals surface area (Å²) in [5.74, 6) is 0. The largest absolute Gasteiger partial charge is 0.455 e. The fourth-order valence-corrected chi connectivity index (χ4v) is 8.30. The first kappa shape index (κ1) is 28.0. The fourth-order valence-electron chi connectivity index (χ4n) is 8.30. The molecule has 0 unspecified atom stereocenters. The maximum atomic E-state index is 6.42. The second kappa shape index (κ2) is 10.8. The van der Waals surface area contributed by atoms with Gasteiger partial charge < -0.3 is 13.6 Å². The lowest BCUT2D eigenvalue weighted by Gasteiger charge is -2.12. The number of para-hydroxylation sites is 5. The Labute approximate surface area is 293 Å². The number of aromatic nitrogens is 2. The van der Waals surface area contributed by atoms with Crippen LogP contribution in [0.25, 0.3) is 99.2 Å². The molecule has 3 heterocycles. The third-order valence-electron chi connectivity index (χ3n) is 10.5. The summed E-state index contributed by atoms with van der Waals surface area (Å²) < 4.78 is 11.3. The van der Waals surface area contributed by atoms with Crippen molar-refractivity contribution >= 4 is 65.6 Å². The Kier molecular flexibility index (Phi) is 5.96. The fraction of sp³-hybridized carbons (Fsp3) is 0. The molecule has 0 bridgehead atoms. The number of rotatable bonds is 4. The SMILES string of the molecule is c1ccc(-n2c3ccccc3c3c2ccc2c4ccccc4n(-c4cccc(-c5cccc(-c6cccc7c6oc6ccccc67)c5)c4)c23)cc1. The Morgan fingerprint density at radius 2 is 0.980 bits per heavy atom. The zero-order chi connectivity index (χ0) is 33.5. The van der Waals surface area contributed by atoms with Gasteiger partial charge in [-0.05, 0) is 71.3 Å². The highest BCUT2D eigenvalue weighted by Gasteiger charge is 2.21. The Balaban J connectivity index is 1.14. The van der Waals surface area contributed by atoms with Crippen molar-refractivity contribution in [2.75, 3.05) is 0 Å². The Hall–Kier alpha value is -6.84. The van der Waals surface area contributed by atoms with Crippen LogP contribution >= 0.6 is 0 Å². The molecule has 3 nitrogen and oxygen atoms in total. The van der Waals surface area contributed by atoms with Crippen molar-refractivity contribution in [3.05, 3.63) is 182 Å². The summed E-state index contributed by atoms with van der Waals surface area (Å²) in [5.41, 5.74) is 13.5. The summed E-state index contributed by atoms with van der Waals surface area (Å²) in [7, 11) is 0. The van der Waals surface area contributed by atoms with Gasteiger partial charge in [-0.25, -0.2) is 0 Å². The van der Waals surface area contributed by atoms with Crippen molar-refractivity contribution in [3.63, 3.8) is 0 Å². The van der Waals surface area contributed by atoms with Crippen LogP contribution in [-0.4, -0.2) is 9.13 Å². The monoisotopic (exact) mass is 650 g/mol. The maximum Gasteiger partial charge on any atom is 0.143 e. The van der Waals surface area contributed by atoms with Gasteiger partial charge in [-0.2, -0.15) is 0 Å². The van der Waals surface area contributed by atoms with Crippen LogP contribution in [0.5, 0.6) is 0 Å². The molecular formula is C48H30N2O. The zero-order valence-corrected chi connectivity index (χ0v) is 27.6. The average Bonchev–Trinajstić information content (AvgIpc) is 3.86. The van der Waals surface area contributed by atoms with E-state index in [0.29, 0.717) is 0 Å². The van der Waals surface area contributed by atoms with E-state index in [-0.39, 0.29) is 0 Å². The molecule has 0 radical (unpaired) electrons. The van der Waals surface area contributed by atoms with E-state index in [4.69, 9.17) is 4.42 Å². The summed E-state index contributed by atoms with van der Waals surface area (Å²) in [5, 5.41) is 7.29. The van der Waals surface area contributed by atoms with Gasteiger partial charge in [-0.15, -0.1) is 0 Å². The topological polar surface area (TPSA) is 23.0 Å². The van der Waals surface area contributed by atoms with E-state index >= 15 is 0 Å². The molecule has 0 spiro atoms. The van der Waals surface area contributed by atoms with Crippen molar-refractivity contribution in [2.45, 2.75) is 0 Å². The van der Waals surface area contributed by atoms with E-state index in [1.165, 1.54) is 43.6 Å². The number of furan rings is 1. The molecule has 3 aromatic heterocycles. The van der Waals surface area contributed by atoms with Crippen LogP contribution in [0.4, 0.5) is 0 Å². The quantitative estimate of drug-likeness (QED) is 0.186. The van der Waals surface area contributed by atoms with Gasteiger partial charge in [0.05, 0.1) is 22.1 Å². The molecule has 51 heavy (non-hydrogen) atoms. The molecule has 11 aromatic rings. The first-order chi connectivity index (χ1) is 25.3. The van der Waals surface area contributed by atoms with Gasteiger partial charge >= 0.3 is 0 Å². The minimum atomic E-state index is 0.913. The first-order valence-corrected chi connectivity index (χ1v) is 17.4. The van der Waals surface area contributed by atoms with Crippen molar-refractivity contribution in [2.24, 2.45) is 0 Å². The highest BCUT2D eigenvalue weighted by Crippen LogP contribution is 2.43. The van der Waals surface area contributed by atoms with Crippen LogP contribution in [0.1, 0.15) is 0 Å². The molecular weight excluding hydrogens is 621 g/mol. The average molecular weight is 651 g/mol. The van der Waals surface area contributed by atoms with Crippen molar-refractivity contribution in [1.29, 1.82) is 0 Å². The molecule has 0 fully saturated rings. The van der Waals surface area contributed by atoms with Gasteiger partial charge in [0.15, 0.2) is 0 Å². The van der Waals surface area contributed by atoms with Crippen LogP contribution < -0.4 is 0 Å². The predicted molar refractivity (Wildman–Crippen MR) is 213 cm³/mol. The van der Waals surface area contributed by atoms with E-state index in [2.05, 4.69) is 179 Å². The van der Waals surface area contributed by atoms with E-state index in [0.717, 1.165) is 55.6 Å². The Bertz CT molecular complexity index is 3140. The summed E-state index contributed by atoms with van der Waals surface area (Å²) in [6, 6.07) is 65.4. The number of benzene rings is 8. The summed E-state index contributed by atoms with van der Waals surface area (Å²) in [6.07, 6.45) is 0. The lowest BCUT2D eigenvalue weighted by molar-refractivity contribution is 0.670. The molecule has 0 saturated heterocycles. The molecule has 0 saturated carbocycles. The highest BCUT2D eigenvalue weighted by atomic mass is 16.3. The van der Waals surface area contributed by atoms with Crippen molar-refractivity contribution in [3.8, 4) is 33.6 Å². The summed E-state index contributed by atoms with van der Waals surface area (Å²) >= 11 is 0. The van der Waals surface area contributed by atoms with Gasteiger partial charge in [0.1, 0.15) is 11.2 Å². The number of hydrogen-bond donors (Lipinski definition) is 0. The first-order valence-electron chi connectivity index (χ1n) is 17.4. The van der Waals surface area contributed by atoms with E-state index < -0.39 is 0 Å². The third-order valence-corrected chi connectivity index (χ3v) is 10.5. The highest BCUT2D eigenvalue weighted by molar-refractivity contribution is 6.26. The molecule has 0 atom stereocenters.